The molecule has 1 amide bonds. The van der Waals surface area contributed by atoms with Crippen LogP contribution < -0.4 is 5.32 Å². The zero-order valence-corrected chi connectivity index (χ0v) is 10.7. The minimum atomic E-state index is -0.871. The molecular weight excluding hydrogens is 279 g/mol. The van der Waals surface area contributed by atoms with Crippen molar-refractivity contribution in [2.24, 2.45) is 0 Å². The number of halogens is 1. The van der Waals surface area contributed by atoms with E-state index in [-0.39, 0.29) is 12.2 Å². The van der Waals surface area contributed by atoms with Gasteiger partial charge in [-0.05, 0) is 12.1 Å². The molecule has 0 radical (unpaired) electrons. The van der Waals surface area contributed by atoms with Crippen molar-refractivity contribution in [1.29, 1.82) is 0 Å². The zero-order chi connectivity index (χ0) is 15.4. The third kappa shape index (κ3) is 3.40. The van der Waals surface area contributed by atoms with E-state index in [4.69, 9.17) is 5.11 Å². The van der Waals surface area contributed by atoms with Gasteiger partial charge in [-0.3, -0.25) is 14.9 Å². The van der Waals surface area contributed by atoms with Crippen LogP contribution in [0.1, 0.15) is 15.9 Å². The standard InChI is InChI=1S/C14H11FN2O4/c15-11-5-10(6-12(7-11)17(20)21)14(19)16-13-4-2-1-3-9(13)8-18/h1-7,18H,8H2,(H,16,19). The van der Waals surface area contributed by atoms with E-state index in [1.807, 2.05) is 0 Å². The van der Waals surface area contributed by atoms with Crippen molar-refractivity contribution in [2.75, 3.05) is 5.32 Å². The van der Waals surface area contributed by atoms with Crippen molar-refractivity contribution in [3.8, 4) is 0 Å². The summed E-state index contributed by atoms with van der Waals surface area (Å²) >= 11 is 0. The summed E-state index contributed by atoms with van der Waals surface area (Å²) in [7, 11) is 0. The lowest BCUT2D eigenvalue weighted by molar-refractivity contribution is -0.385. The van der Waals surface area contributed by atoms with Gasteiger partial charge in [0.05, 0.1) is 17.6 Å². The van der Waals surface area contributed by atoms with Crippen LogP contribution in [-0.4, -0.2) is 15.9 Å². The number of hydrogen-bond donors (Lipinski definition) is 2. The largest absolute Gasteiger partial charge is 0.392 e. The van der Waals surface area contributed by atoms with E-state index >= 15 is 0 Å². The lowest BCUT2D eigenvalue weighted by Crippen LogP contribution is -2.14. The summed E-state index contributed by atoms with van der Waals surface area (Å²) in [5, 5.41) is 22.3. The highest BCUT2D eigenvalue weighted by molar-refractivity contribution is 6.05. The van der Waals surface area contributed by atoms with Crippen LogP contribution >= 0.6 is 0 Å². The van der Waals surface area contributed by atoms with Crippen molar-refractivity contribution < 1.29 is 19.2 Å². The predicted molar refractivity (Wildman–Crippen MR) is 73.4 cm³/mol. The monoisotopic (exact) mass is 290 g/mol. The molecule has 0 spiro atoms. The molecule has 108 valence electrons. The Bertz CT molecular complexity index is 703. The summed E-state index contributed by atoms with van der Waals surface area (Å²) < 4.78 is 13.3. The van der Waals surface area contributed by atoms with Gasteiger partial charge in [0.25, 0.3) is 11.6 Å². The normalized spacial score (nSPS) is 10.2. The minimum absolute atomic E-state index is 0.172. The van der Waals surface area contributed by atoms with E-state index in [2.05, 4.69) is 5.32 Å². The Labute approximate surface area is 119 Å². The van der Waals surface area contributed by atoms with Gasteiger partial charge < -0.3 is 10.4 Å². The first-order chi connectivity index (χ1) is 10.0. The molecule has 21 heavy (non-hydrogen) atoms. The SMILES string of the molecule is O=C(Nc1ccccc1CO)c1cc(F)cc([N+](=O)[O-])c1. The number of nitrogens with one attached hydrogen (secondary N) is 1. The minimum Gasteiger partial charge on any atom is -0.392 e. The smallest absolute Gasteiger partial charge is 0.273 e. The van der Waals surface area contributed by atoms with Crippen molar-refractivity contribution in [3.05, 3.63) is 69.5 Å². The molecule has 0 aliphatic carbocycles. The molecule has 2 N–H and O–H groups in total. The van der Waals surface area contributed by atoms with Gasteiger partial charge >= 0.3 is 0 Å². The highest BCUT2D eigenvalue weighted by atomic mass is 19.1. The number of hydrogen-bond acceptors (Lipinski definition) is 4. The first-order valence-electron chi connectivity index (χ1n) is 5.96. The summed E-state index contributed by atoms with van der Waals surface area (Å²) in [6.45, 7) is -0.278. The van der Waals surface area contributed by atoms with Gasteiger partial charge in [0.1, 0.15) is 5.82 Å². The number of non-ortho nitro benzene ring substituents is 1. The molecule has 2 rings (SSSR count). The Hall–Kier alpha value is -2.80. The number of nitrogens with zero attached hydrogens (tertiary/aromatic N) is 1. The Kier molecular flexibility index (Phi) is 4.24. The van der Waals surface area contributed by atoms with Crippen molar-refractivity contribution in [2.45, 2.75) is 6.61 Å². The van der Waals surface area contributed by atoms with Gasteiger partial charge in [0, 0.05) is 22.9 Å². The highest BCUT2D eigenvalue weighted by Gasteiger charge is 2.15. The number of carbonyl (C=O) groups is 1. The highest BCUT2D eigenvalue weighted by Crippen LogP contribution is 2.19. The van der Waals surface area contributed by atoms with Crippen LogP contribution in [0.3, 0.4) is 0 Å². The molecule has 0 atom stereocenters. The second-order valence-corrected chi connectivity index (χ2v) is 4.22. The van der Waals surface area contributed by atoms with Crippen LogP contribution in [-0.2, 0) is 6.61 Å². The molecule has 7 heteroatoms. The van der Waals surface area contributed by atoms with Crippen LogP contribution in [0.5, 0.6) is 0 Å². The molecule has 0 aromatic heterocycles. The fourth-order valence-corrected chi connectivity index (χ4v) is 1.79. The van der Waals surface area contributed by atoms with Crippen LogP contribution in [0, 0.1) is 15.9 Å². The summed E-state index contributed by atoms with van der Waals surface area (Å²) in [4.78, 5) is 21.9. The van der Waals surface area contributed by atoms with Gasteiger partial charge in [-0.1, -0.05) is 18.2 Å². The molecule has 0 aliphatic rings. The van der Waals surface area contributed by atoms with Crippen molar-refractivity contribution in [1.82, 2.24) is 0 Å². The van der Waals surface area contributed by atoms with E-state index in [0.717, 1.165) is 18.2 Å². The molecule has 0 aliphatic heterocycles. The number of amides is 1. The summed E-state index contributed by atoms with van der Waals surface area (Å²) in [6, 6.07) is 9.15. The lowest BCUT2D eigenvalue weighted by atomic mass is 10.1. The third-order valence-corrected chi connectivity index (χ3v) is 2.79. The van der Waals surface area contributed by atoms with E-state index in [0.29, 0.717) is 11.3 Å². The molecule has 2 aromatic carbocycles. The number of aliphatic hydroxyl groups is 1. The van der Waals surface area contributed by atoms with Gasteiger partial charge in [-0.2, -0.15) is 0 Å². The molecule has 0 heterocycles. The van der Waals surface area contributed by atoms with E-state index in [1.54, 1.807) is 24.3 Å². The predicted octanol–water partition coefficient (Wildman–Crippen LogP) is 2.48. The van der Waals surface area contributed by atoms with Crippen LogP contribution in [0.2, 0.25) is 0 Å². The first kappa shape index (κ1) is 14.6. The maximum atomic E-state index is 13.3. The number of nitro benzene ring substituents is 1. The molecule has 0 saturated carbocycles. The molecule has 0 fully saturated rings. The quantitative estimate of drug-likeness (QED) is 0.668. The fraction of sp³-hybridized carbons (Fsp3) is 0.0714. The van der Waals surface area contributed by atoms with Crippen LogP contribution in [0.15, 0.2) is 42.5 Å². The van der Waals surface area contributed by atoms with Gasteiger partial charge in [0.15, 0.2) is 0 Å². The molecule has 0 saturated heterocycles. The maximum absolute atomic E-state index is 13.3. The van der Waals surface area contributed by atoms with Crippen LogP contribution in [0.25, 0.3) is 0 Å². The molecule has 0 unspecified atom stereocenters. The van der Waals surface area contributed by atoms with Crippen molar-refractivity contribution in [3.63, 3.8) is 0 Å². The van der Waals surface area contributed by atoms with E-state index < -0.39 is 22.3 Å². The lowest BCUT2D eigenvalue weighted by Gasteiger charge is -2.09. The number of para-hydroxylation sites is 1. The van der Waals surface area contributed by atoms with Gasteiger partial charge in [-0.25, -0.2) is 4.39 Å². The topological polar surface area (TPSA) is 92.5 Å². The number of anilines is 1. The Morgan fingerprint density at radius 3 is 2.67 bits per heavy atom. The Morgan fingerprint density at radius 2 is 2.00 bits per heavy atom. The zero-order valence-electron chi connectivity index (χ0n) is 10.7. The second kappa shape index (κ2) is 6.10. The van der Waals surface area contributed by atoms with Crippen LogP contribution in [0.4, 0.5) is 15.8 Å². The first-order valence-corrected chi connectivity index (χ1v) is 5.96. The number of nitro groups is 1. The average Bonchev–Trinajstić information content (AvgIpc) is 2.47. The van der Waals surface area contributed by atoms with Gasteiger partial charge in [0.2, 0.25) is 0 Å². The number of benzene rings is 2. The number of carbonyl (C=O) groups excluding carboxylic acids is 1. The molecule has 6 nitrogen and oxygen atoms in total. The fourth-order valence-electron chi connectivity index (χ4n) is 1.79. The second-order valence-electron chi connectivity index (χ2n) is 4.22. The maximum Gasteiger partial charge on any atom is 0.273 e. The summed E-state index contributed by atoms with van der Waals surface area (Å²) in [5.41, 5.74) is 0.165. The van der Waals surface area contributed by atoms with E-state index in [9.17, 15) is 19.3 Å². The molecule has 2 aromatic rings. The summed E-state index contributed by atoms with van der Waals surface area (Å²) in [6.07, 6.45) is 0. The summed E-state index contributed by atoms with van der Waals surface area (Å²) in [5.74, 6) is -1.57. The van der Waals surface area contributed by atoms with Crippen molar-refractivity contribution >= 4 is 17.3 Å². The number of rotatable bonds is 4. The molecule has 0 bridgehead atoms. The molecular formula is C14H11FN2O4. The number of aliphatic hydroxyl groups excluding tert-OH is 1. The van der Waals surface area contributed by atoms with Gasteiger partial charge in [-0.15, -0.1) is 0 Å². The Morgan fingerprint density at radius 1 is 1.29 bits per heavy atom. The van der Waals surface area contributed by atoms with E-state index in [1.165, 1.54) is 0 Å². The third-order valence-electron chi connectivity index (χ3n) is 2.79. The average molecular weight is 290 g/mol. The Balaban J connectivity index is 2.30.